The lowest BCUT2D eigenvalue weighted by Crippen LogP contribution is -2.38. The van der Waals surface area contributed by atoms with Gasteiger partial charge in [0.15, 0.2) is 0 Å². The second kappa shape index (κ2) is 4.46. The number of rotatable bonds is 2. The van der Waals surface area contributed by atoms with E-state index < -0.39 is 0 Å². The molecule has 1 aromatic heterocycles. The van der Waals surface area contributed by atoms with Gasteiger partial charge in [-0.2, -0.15) is 0 Å². The van der Waals surface area contributed by atoms with E-state index in [0.29, 0.717) is 5.95 Å². The maximum absolute atomic E-state index is 12.0. The number of amides is 1. The van der Waals surface area contributed by atoms with Crippen molar-refractivity contribution in [3.8, 4) is 5.75 Å². The van der Waals surface area contributed by atoms with Crippen LogP contribution in [0.1, 0.15) is 18.9 Å². The van der Waals surface area contributed by atoms with Crippen LogP contribution in [-0.2, 0) is 4.79 Å². The Kier molecular flexibility index (Phi) is 2.77. The second-order valence-electron chi connectivity index (χ2n) is 4.64. The minimum Gasteiger partial charge on any atom is -0.497 e. The van der Waals surface area contributed by atoms with Gasteiger partial charge >= 0.3 is 0 Å². The van der Waals surface area contributed by atoms with Crippen LogP contribution in [0.2, 0.25) is 0 Å². The fourth-order valence-electron chi connectivity index (χ4n) is 2.55. The Bertz CT molecular complexity index is 635. The van der Waals surface area contributed by atoms with Crippen LogP contribution in [0.25, 0.3) is 11.0 Å². The molecule has 1 aliphatic heterocycles. The van der Waals surface area contributed by atoms with Gasteiger partial charge in [-0.15, -0.1) is 0 Å². The zero-order valence-corrected chi connectivity index (χ0v) is 10.7. The van der Waals surface area contributed by atoms with E-state index in [4.69, 9.17) is 10.5 Å². The lowest BCUT2D eigenvalue weighted by molar-refractivity contribution is -0.125. The minimum absolute atomic E-state index is 0.0000647. The molecular weight excluding hydrogens is 244 g/mol. The Hall–Kier alpha value is -2.24. The van der Waals surface area contributed by atoms with Crippen molar-refractivity contribution in [1.29, 1.82) is 0 Å². The number of carbonyl (C=O) groups excluding carboxylic acids is 1. The highest BCUT2D eigenvalue weighted by molar-refractivity contribution is 5.86. The molecule has 0 bridgehead atoms. The number of ether oxygens (including phenoxy) is 1. The Morgan fingerprint density at radius 3 is 3.11 bits per heavy atom. The number of piperidine rings is 1. The monoisotopic (exact) mass is 260 g/mol. The highest BCUT2D eigenvalue weighted by Gasteiger charge is 2.27. The summed E-state index contributed by atoms with van der Waals surface area (Å²) < 4.78 is 7.02. The molecule has 0 aliphatic carbocycles. The predicted molar refractivity (Wildman–Crippen MR) is 72.0 cm³/mol. The van der Waals surface area contributed by atoms with Gasteiger partial charge in [-0.1, -0.05) is 0 Å². The number of hydrogen-bond acceptors (Lipinski definition) is 4. The smallest absolute Gasteiger partial charge is 0.243 e. The van der Waals surface area contributed by atoms with Crippen molar-refractivity contribution in [3.63, 3.8) is 0 Å². The summed E-state index contributed by atoms with van der Waals surface area (Å²) in [5, 5.41) is 2.87. The van der Waals surface area contributed by atoms with Gasteiger partial charge in [-0.05, 0) is 25.0 Å². The molecule has 0 saturated carbocycles. The fraction of sp³-hybridized carbons (Fsp3) is 0.385. The van der Waals surface area contributed by atoms with Crippen molar-refractivity contribution < 1.29 is 9.53 Å². The molecule has 0 radical (unpaired) electrons. The fourth-order valence-corrected chi connectivity index (χ4v) is 2.55. The standard InChI is InChI=1S/C13H16N4O2/c1-19-8-4-5-9-11(7-8)17(13(14)16-9)10-3-2-6-15-12(10)18/h4-5,7,10H,2-3,6H2,1H3,(H2,14,16)(H,15,18). The molecule has 3 rings (SSSR count). The molecule has 3 N–H and O–H groups in total. The third-order valence-corrected chi connectivity index (χ3v) is 3.49. The molecule has 2 aromatic rings. The van der Waals surface area contributed by atoms with E-state index >= 15 is 0 Å². The highest BCUT2D eigenvalue weighted by atomic mass is 16.5. The molecule has 19 heavy (non-hydrogen) atoms. The van der Waals surface area contributed by atoms with E-state index in [0.717, 1.165) is 36.2 Å². The van der Waals surface area contributed by atoms with Gasteiger partial charge in [0.2, 0.25) is 11.9 Å². The third kappa shape index (κ3) is 1.89. The number of carbonyl (C=O) groups is 1. The first-order chi connectivity index (χ1) is 9.20. The van der Waals surface area contributed by atoms with E-state index in [1.165, 1.54) is 0 Å². The molecule has 1 atom stereocenters. The van der Waals surface area contributed by atoms with Crippen LogP contribution in [0.4, 0.5) is 5.95 Å². The molecule has 1 aliphatic rings. The molecule has 1 aromatic carbocycles. The van der Waals surface area contributed by atoms with E-state index in [-0.39, 0.29) is 11.9 Å². The average Bonchev–Trinajstić information content (AvgIpc) is 2.74. The van der Waals surface area contributed by atoms with Gasteiger partial charge < -0.3 is 15.8 Å². The lowest BCUT2D eigenvalue weighted by Gasteiger charge is -2.24. The third-order valence-electron chi connectivity index (χ3n) is 3.49. The normalized spacial score (nSPS) is 19.4. The first-order valence-electron chi connectivity index (χ1n) is 6.30. The van der Waals surface area contributed by atoms with Crippen molar-refractivity contribution in [1.82, 2.24) is 14.9 Å². The molecule has 1 saturated heterocycles. The molecule has 1 amide bonds. The number of nitrogen functional groups attached to an aromatic ring is 1. The predicted octanol–water partition coefficient (Wildman–Crippen LogP) is 1.08. The molecule has 6 heteroatoms. The van der Waals surface area contributed by atoms with Crippen LogP contribution in [0.15, 0.2) is 18.2 Å². The SMILES string of the molecule is COc1ccc2nc(N)n(C3CCCNC3=O)c2c1. The van der Waals surface area contributed by atoms with Crippen LogP contribution < -0.4 is 15.8 Å². The number of nitrogens with zero attached hydrogens (tertiary/aromatic N) is 2. The molecule has 6 nitrogen and oxygen atoms in total. The van der Waals surface area contributed by atoms with Crippen molar-refractivity contribution in [3.05, 3.63) is 18.2 Å². The summed E-state index contributed by atoms with van der Waals surface area (Å²) in [6.45, 7) is 0.727. The van der Waals surface area contributed by atoms with Crippen LogP contribution in [-0.4, -0.2) is 29.1 Å². The maximum Gasteiger partial charge on any atom is 0.243 e. The number of imidazole rings is 1. The highest BCUT2D eigenvalue weighted by Crippen LogP contribution is 2.29. The van der Waals surface area contributed by atoms with E-state index in [1.54, 1.807) is 11.7 Å². The first kappa shape index (κ1) is 11.8. The van der Waals surface area contributed by atoms with Crippen molar-refractivity contribution >= 4 is 22.9 Å². The van der Waals surface area contributed by atoms with Crippen molar-refractivity contribution in [2.45, 2.75) is 18.9 Å². The van der Waals surface area contributed by atoms with Gasteiger partial charge in [0, 0.05) is 12.6 Å². The zero-order valence-electron chi connectivity index (χ0n) is 10.7. The molecular formula is C13H16N4O2. The Morgan fingerprint density at radius 1 is 1.53 bits per heavy atom. The largest absolute Gasteiger partial charge is 0.497 e. The summed E-state index contributed by atoms with van der Waals surface area (Å²) in [6.07, 6.45) is 1.72. The lowest BCUT2D eigenvalue weighted by atomic mass is 10.1. The summed E-state index contributed by atoms with van der Waals surface area (Å²) in [5.74, 6) is 1.09. The Morgan fingerprint density at radius 2 is 2.37 bits per heavy atom. The number of fused-ring (bicyclic) bond motifs is 1. The van der Waals surface area contributed by atoms with Crippen molar-refractivity contribution in [2.75, 3.05) is 19.4 Å². The Balaban J connectivity index is 2.15. The van der Waals surface area contributed by atoms with Crippen molar-refractivity contribution in [2.24, 2.45) is 0 Å². The molecule has 1 unspecified atom stereocenters. The summed E-state index contributed by atoms with van der Waals surface area (Å²) in [4.78, 5) is 16.3. The molecule has 2 heterocycles. The van der Waals surface area contributed by atoms with E-state index in [9.17, 15) is 4.79 Å². The molecule has 1 fully saturated rings. The van der Waals surface area contributed by atoms with Crippen LogP contribution in [0.5, 0.6) is 5.75 Å². The summed E-state index contributed by atoms with van der Waals surface area (Å²) in [6, 6.07) is 5.26. The average molecular weight is 260 g/mol. The molecule has 100 valence electrons. The maximum atomic E-state index is 12.0. The quantitative estimate of drug-likeness (QED) is 0.846. The van der Waals surface area contributed by atoms with E-state index in [1.807, 2.05) is 18.2 Å². The van der Waals surface area contributed by atoms with Gasteiger partial charge in [0.05, 0.1) is 18.1 Å². The second-order valence-corrected chi connectivity index (χ2v) is 4.64. The summed E-state index contributed by atoms with van der Waals surface area (Å²) in [7, 11) is 1.61. The number of aromatic nitrogens is 2. The van der Waals surface area contributed by atoms with Gasteiger partial charge in [-0.3, -0.25) is 9.36 Å². The van der Waals surface area contributed by atoms with Gasteiger partial charge in [0.25, 0.3) is 0 Å². The first-order valence-corrected chi connectivity index (χ1v) is 6.30. The zero-order chi connectivity index (χ0) is 13.4. The number of nitrogens with one attached hydrogen (secondary N) is 1. The van der Waals surface area contributed by atoms with Gasteiger partial charge in [0.1, 0.15) is 11.8 Å². The number of nitrogens with two attached hydrogens (primary N) is 1. The van der Waals surface area contributed by atoms with Crippen LogP contribution >= 0.6 is 0 Å². The van der Waals surface area contributed by atoms with Gasteiger partial charge in [-0.25, -0.2) is 4.98 Å². The number of methoxy groups -OCH3 is 1. The number of hydrogen-bond donors (Lipinski definition) is 2. The van der Waals surface area contributed by atoms with Crippen LogP contribution in [0, 0.1) is 0 Å². The summed E-state index contributed by atoms with van der Waals surface area (Å²) >= 11 is 0. The van der Waals surface area contributed by atoms with Crippen LogP contribution in [0.3, 0.4) is 0 Å². The minimum atomic E-state index is -0.286. The Labute approximate surface area is 110 Å². The molecule has 0 spiro atoms. The topological polar surface area (TPSA) is 82.2 Å². The van der Waals surface area contributed by atoms with E-state index in [2.05, 4.69) is 10.3 Å². The number of benzene rings is 1. The number of anilines is 1. The summed E-state index contributed by atoms with van der Waals surface area (Å²) in [5.41, 5.74) is 7.58.